The summed E-state index contributed by atoms with van der Waals surface area (Å²) in [6.45, 7) is 2.07. The van der Waals surface area contributed by atoms with Gasteiger partial charge in [-0.3, -0.25) is 14.5 Å². The molecular weight excluding hydrogens is 653 g/mol. The molecule has 174 valence electrons. The van der Waals surface area contributed by atoms with E-state index in [-0.39, 0.29) is 28.3 Å². The largest absolute Gasteiger partial charge is 0.378 e. The highest BCUT2D eigenvalue weighted by Gasteiger charge is 2.35. The van der Waals surface area contributed by atoms with E-state index >= 15 is 0 Å². The molecule has 1 aliphatic rings. The highest BCUT2D eigenvalue weighted by molar-refractivity contribution is 14.1. The van der Waals surface area contributed by atoms with E-state index in [1.54, 1.807) is 30.3 Å². The van der Waals surface area contributed by atoms with Crippen LogP contribution in [0.4, 0.5) is 4.79 Å². The summed E-state index contributed by atoms with van der Waals surface area (Å²) in [4.78, 5) is 26.8. The van der Waals surface area contributed by atoms with Gasteiger partial charge in [0.05, 0.1) is 15.9 Å². The van der Waals surface area contributed by atoms with Gasteiger partial charge in [-0.25, -0.2) is 0 Å². The van der Waals surface area contributed by atoms with Gasteiger partial charge in [-0.2, -0.15) is 8.42 Å². The van der Waals surface area contributed by atoms with Crippen LogP contribution in [0.2, 0.25) is 0 Å². The molecule has 1 heterocycles. The molecule has 0 unspecified atom stereocenters. The summed E-state index contributed by atoms with van der Waals surface area (Å²) in [7, 11) is -4.00. The van der Waals surface area contributed by atoms with Gasteiger partial charge >= 0.3 is 10.1 Å². The third kappa shape index (κ3) is 5.73. The molecule has 0 bridgehead atoms. The molecule has 0 N–H and O–H groups in total. The summed E-state index contributed by atoms with van der Waals surface area (Å²) in [5, 5.41) is -0.335. The van der Waals surface area contributed by atoms with Crippen molar-refractivity contribution in [3.63, 3.8) is 0 Å². The fourth-order valence-electron chi connectivity index (χ4n) is 3.11. The fraction of sp³-hybridized carbons (Fsp3) is 0.0833. The van der Waals surface area contributed by atoms with Crippen molar-refractivity contribution in [1.82, 2.24) is 4.90 Å². The van der Waals surface area contributed by atoms with Gasteiger partial charge in [0, 0.05) is 3.57 Å². The maximum atomic E-state index is 12.8. The Morgan fingerprint density at radius 1 is 1.03 bits per heavy atom. The van der Waals surface area contributed by atoms with Gasteiger partial charge in [0.1, 0.15) is 4.90 Å². The van der Waals surface area contributed by atoms with Crippen LogP contribution in [0.15, 0.2) is 81.0 Å². The normalized spacial score (nSPS) is 15.3. The standard InChI is InChI=1S/C24H17BrINO5S2/c1-15-2-9-19(10-3-15)34(30,31)32-21-11-6-17(12-20(21)25)13-22-23(28)27(24(29)33-22)14-16-4-7-18(26)8-5-16/h2-13H,14H2,1H3/b22-13-. The van der Waals surface area contributed by atoms with Crippen LogP contribution >= 0.6 is 50.3 Å². The number of carbonyl (C=O) groups is 2. The quantitative estimate of drug-likeness (QED) is 0.173. The van der Waals surface area contributed by atoms with E-state index in [4.69, 9.17) is 4.18 Å². The molecule has 10 heteroatoms. The number of hydrogen-bond acceptors (Lipinski definition) is 6. The van der Waals surface area contributed by atoms with Crippen molar-refractivity contribution < 1.29 is 22.2 Å². The minimum absolute atomic E-state index is 0.0517. The molecule has 3 aromatic carbocycles. The van der Waals surface area contributed by atoms with E-state index in [0.717, 1.165) is 26.5 Å². The van der Waals surface area contributed by atoms with Crippen molar-refractivity contribution in [3.05, 3.63) is 96.4 Å². The van der Waals surface area contributed by atoms with Crippen LogP contribution < -0.4 is 4.18 Å². The van der Waals surface area contributed by atoms with Gasteiger partial charge in [-0.1, -0.05) is 35.9 Å². The number of benzene rings is 3. The first kappa shape index (κ1) is 25.0. The summed E-state index contributed by atoms with van der Waals surface area (Å²) >= 11 is 6.40. The highest BCUT2D eigenvalue weighted by Crippen LogP contribution is 2.35. The van der Waals surface area contributed by atoms with Gasteiger partial charge in [0.15, 0.2) is 5.75 Å². The van der Waals surface area contributed by atoms with Crippen molar-refractivity contribution in [3.8, 4) is 5.75 Å². The third-order valence-electron chi connectivity index (χ3n) is 4.89. The second-order valence-electron chi connectivity index (χ2n) is 7.43. The number of imide groups is 1. The average molecular weight is 670 g/mol. The summed E-state index contributed by atoms with van der Waals surface area (Å²) in [6.07, 6.45) is 1.60. The Bertz CT molecular complexity index is 1400. The third-order valence-corrected chi connectivity index (χ3v) is 8.39. The smallest absolute Gasteiger partial charge is 0.339 e. The van der Waals surface area contributed by atoms with Gasteiger partial charge in [-0.15, -0.1) is 0 Å². The summed E-state index contributed by atoms with van der Waals surface area (Å²) in [5.74, 6) is -0.253. The van der Waals surface area contributed by atoms with Crippen molar-refractivity contribution >= 4 is 77.6 Å². The number of amides is 2. The second-order valence-corrected chi connectivity index (χ2v) is 12.1. The first-order valence-electron chi connectivity index (χ1n) is 9.93. The van der Waals surface area contributed by atoms with Crippen LogP contribution in [0.3, 0.4) is 0 Å². The molecule has 6 nitrogen and oxygen atoms in total. The molecule has 3 aromatic rings. The maximum absolute atomic E-state index is 12.8. The Hall–Kier alpha value is -2.15. The van der Waals surface area contributed by atoms with Crippen molar-refractivity contribution in [2.75, 3.05) is 0 Å². The highest BCUT2D eigenvalue weighted by atomic mass is 127. The maximum Gasteiger partial charge on any atom is 0.339 e. The van der Waals surface area contributed by atoms with Crippen molar-refractivity contribution in [2.45, 2.75) is 18.4 Å². The second kappa shape index (κ2) is 10.2. The van der Waals surface area contributed by atoms with E-state index in [1.807, 2.05) is 31.2 Å². The lowest BCUT2D eigenvalue weighted by molar-refractivity contribution is -0.123. The minimum Gasteiger partial charge on any atom is -0.378 e. The van der Waals surface area contributed by atoms with E-state index in [1.165, 1.54) is 23.1 Å². The number of thioether (sulfide) groups is 1. The predicted molar refractivity (Wildman–Crippen MR) is 144 cm³/mol. The van der Waals surface area contributed by atoms with E-state index in [2.05, 4.69) is 38.5 Å². The molecular formula is C24H17BrINO5S2. The molecule has 34 heavy (non-hydrogen) atoms. The zero-order chi connectivity index (χ0) is 24.5. The topological polar surface area (TPSA) is 80.8 Å². The van der Waals surface area contributed by atoms with Crippen LogP contribution in [0.25, 0.3) is 6.08 Å². The average Bonchev–Trinajstić information content (AvgIpc) is 3.04. The van der Waals surface area contributed by atoms with Crippen LogP contribution in [-0.4, -0.2) is 24.5 Å². The Morgan fingerprint density at radius 2 is 1.71 bits per heavy atom. The lowest BCUT2D eigenvalue weighted by Gasteiger charge is -2.12. The van der Waals surface area contributed by atoms with Crippen molar-refractivity contribution in [2.24, 2.45) is 0 Å². The van der Waals surface area contributed by atoms with Crippen LogP contribution in [-0.2, 0) is 21.5 Å². The van der Waals surface area contributed by atoms with Crippen molar-refractivity contribution in [1.29, 1.82) is 0 Å². The molecule has 0 spiro atoms. The SMILES string of the molecule is Cc1ccc(S(=O)(=O)Oc2ccc(/C=C3\SC(=O)N(Cc4ccc(I)cc4)C3=O)cc2Br)cc1. The Morgan fingerprint density at radius 3 is 2.35 bits per heavy atom. The molecule has 0 radical (unpaired) electrons. The number of nitrogens with zero attached hydrogens (tertiary/aromatic N) is 1. The minimum atomic E-state index is -4.00. The number of halogens is 2. The fourth-order valence-corrected chi connectivity index (χ4v) is 5.84. The molecule has 1 saturated heterocycles. The molecule has 4 rings (SSSR count). The van der Waals surface area contributed by atoms with Crippen LogP contribution in [0.1, 0.15) is 16.7 Å². The van der Waals surface area contributed by atoms with Gasteiger partial charge in [0.2, 0.25) is 0 Å². The monoisotopic (exact) mass is 669 g/mol. The zero-order valence-corrected chi connectivity index (χ0v) is 23.1. The molecule has 0 saturated carbocycles. The van der Waals surface area contributed by atoms with Crippen LogP contribution in [0, 0.1) is 10.5 Å². The molecule has 0 aliphatic carbocycles. The Labute approximate surface area is 223 Å². The number of rotatable bonds is 6. The summed E-state index contributed by atoms with van der Waals surface area (Å²) < 4.78 is 31.9. The lowest BCUT2D eigenvalue weighted by Crippen LogP contribution is -2.27. The van der Waals surface area contributed by atoms with Gasteiger partial charge < -0.3 is 4.18 Å². The molecule has 2 amide bonds. The van der Waals surface area contributed by atoms with E-state index in [0.29, 0.717) is 14.9 Å². The molecule has 0 aromatic heterocycles. The Balaban J connectivity index is 1.51. The summed E-state index contributed by atoms with van der Waals surface area (Å²) in [5.41, 5.74) is 2.42. The van der Waals surface area contributed by atoms with Crippen LogP contribution in [0.5, 0.6) is 5.75 Å². The number of carbonyl (C=O) groups excluding carboxylic acids is 2. The number of hydrogen-bond donors (Lipinski definition) is 0. The van der Waals surface area contributed by atoms with E-state index < -0.39 is 10.1 Å². The first-order chi connectivity index (χ1) is 16.1. The van der Waals surface area contributed by atoms with Gasteiger partial charge in [-0.05, 0) is 111 Å². The number of aryl methyl sites for hydroxylation is 1. The lowest BCUT2D eigenvalue weighted by atomic mass is 10.2. The summed E-state index contributed by atoms with van der Waals surface area (Å²) in [6, 6.07) is 18.7. The predicted octanol–water partition coefficient (Wildman–Crippen LogP) is 6.37. The zero-order valence-electron chi connectivity index (χ0n) is 17.7. The van der Waals surface area contributed by atoms with E-state index in [9.17, 15) is 18.0 Å². The first-order valence-corrected chi connectivity index (χ1v) is 14.0. The molecule has 1 fully saturated rings. The molecule has 1 aliphatic heterocycles. The van der Waals surface area contributed by atoms with Gasteiger partial charge in [0.25, 0.3) is 11.1 Å². The molecule has 0 atom stereocenters. The Kier molecular flexibility index (Phi) is 7.51.